The third-order valence-corrected chi connectivity index (χ3v) is 3.97. The SMILES string of the molecule is CCOc1ccccc1-c1cccc(-n2cnc(-c3nc(C)no3)c2)c1. The Balaban J connectivity index is 1.70. The van der Waals surface area contributed by atoms with Crippen LogP contribution in [-0.2, 0) is 0 Å². The molecule has 130 valence electrons. The number of ether oxygens (including phenoxy) is 1. The van der Waals surface area contributed by atoms with Crippen molar-refractivity contribution in [3.8, 4) is 34.1 Å². The molecule has 4 rings (SSSR count). The Morgan fingerprint density at radius 1 is 1.12 bits per heavy atom. The van der Waals surface area contributed by atoms with Crippen LogP contribution in [0, 0.1) is 6.92 Å². The Labute approximate surface area is 151 Å². The molecule has 0 fully saturated rings. The molecule has 0 unspecified atom stereocenters. The molecule has 0 spiro atoms. The highest BCUT2D eigenvalue weighted by atomic mass is 16.5. The van der Waals surface area contributed by atoms with Gasteiger partial charge in [-0.3, -0.25) is 0 Å². The maximum Gasteiger partial charge on any atom is 0.278 e. The minimum Gasteiger partial charge on any atom is -0.493 e. The molecule has 4 aromatic rings. The molecule has 6 nitrogen and oxygen atoms in total. The Hall–Kier alpha value is -3.41. The topological polar surface area (TPSA) is 66.0 Å². The van der Waals surface area contributed by atoms with E-state index in [9.17, 15) is 0 Å². The number of imidazole rings is 1. The van der Waals surface area contributed by atoms with Crippen molar-refractivity contribution in [2.75, 3.05) is 6.61 Å². The van der Waals surface area contributed by atoms with Crippen molar-refractivity contribution in [1.29, 1.82) is 0 Å². The number of para-hydroxylation sites is 1. The Kier molecular flexibility index (Phi) is 4.23. The van der Waals surface area contributed by atoms with Crippen LogP contribution in [0.2, 0.25) is 0 Å². The number of hydrogen-bond acceptors (Lipinski definition) is 5. The van der Waals surface area contributed by atoms with Gasteiger partial charge in [0.25, 0.3) is 5.89 Å². The molecule has 0 radical (unpaired) electrons. The molecule has 0 aliphatic rings. The molecule has 2 heterocycles. The van der Waals surface area contributed by atoms with E-state index in [1.165, 1.54) is 0 Å². The highest BCUT2D eigenvalue weighted by molar-refractivity contribution is 5.72. The summed E-state index contributed by atoms with van der Waals surface area (Å²) >= 11 is 0. The largest absolute Gasteiger partial charge is 0.493 e. The normalized spacial score (nSPS) is 10.8. The van der Waals surface area contributed by atoms with Crippen LogP contribution in [0.5, 0.6) is 5.75 Å². The average Bonchev–Trinajstić information content (AvgIpc) is 3.32. The van der Waals surface area contributed by atoms with Crippen molar-refractivity contribution in [2.45, 2.75) is 13.8 Å². The predicted octanol–water partition coefficient (Wildman–Crippen LogP) is 4.30. The number of rotatable bonds is 5. The zero-order valence-corrected chi connectivity index (χ0v) is 14.6. The molecule has 6 heteroatoms. The number of nitrogens with zero attached hydrogens (tertiary/aromatic N) is 4. The van der Waals surface area contributed by atoms with Crippen LogP contribution in [0.25, 0.3) is 28.4 Å². The van der Waals surface area contributed by atoms with Crippen molar-refractivity contribution in [1.82, 2.24) is 19.7 Å². The second kappa shape index (κ2) is 6.84. The smallest absolute Gasteiger partial charge is 0.278 e. The lowest BCUT2D eigenvalue weighted by Gasteiger charge is -2.11. The maximum atomic E-state index is 5.75. The third-order valence-electron chi connectivity index (χ3n) is 3.97. The van der Waals surface area contributed by atoms with Gasteiger partial charge in [-0.1, -0.05) is 35.5 Å². The van der Waals surface area contributed by atoms with Gasteiger partial charge in [0.2, 0.25) is 0 Å². The molecule has 2 aromatic heterocycles. The maximum absolute atomic E-state index is 5.75. The van der Waals surface area contributed by atoms with Gasteiger partial charge in [-0.2, -0.15) is 4.98 Å². The van der Waals surface area contributed by atoms with Crippen LogP contribution >= 0.6 is 0 Å². The van der Waals surface area contributed by atoms with E-state index in [0.29, 0.717) is 24.0 Å². The number of aromatic nitrogens is 4. The van der Waals surface area contributed by atoms with Crippen LogP contribution in [0.4, 0.5) is 0 Å². The van der Waals surface area contributed by atoms with Crippen LogP contribution in [-0.4, -0.2) is 26.3 Å². The zero-order valence-electron chi connectivity index (χ0n) is 14.6. The van der Waals surface area contributed by atoms with E-state index in [2.05, 4.69) is 33.3 Å². The molecule has 0 amide bonds. The summed E-state index contributed by atoms with van der Waals surface area (Å²) in [4.78, 5) is 8.58. The molecule has 0 saturated carbocycles. The van der Waals surface area contributed by atoms with Gasteiger partial charge in [0, 0.05) is 17.4 Å². The third kappa shape index (κ3) is 3.09. The molecule has 0 atom stereocenters. The van der Waals surface area contributed by atoms with Crippen molar-refractivity contribution >= 4 is 0 Å². The second-order valence-corrected chi connectivity index (χ2v) is 5.79. The highest BCUT2D eigenvalue weighted by Crippen LogP contribution is 2.31. The van der Waals surface area contributed by atoms with E-state index in [1.54, 1.807) is 13.3 Å². The fourth-order valence-corrected chi connectivity index (χ4v) is 2.80. The molecular formula is C20H18N4O2. The van der Waals surface area contributed by atoms with Gasteiger partial charge in [0.05, 0.1) is 6.61 Å². The predicted molar refractivity (Wildman–Crippen MR) is 98.2 cm³/mol. The average molecular weight is 346 g/mol. The summed E-state index contributed by atoms with van der Waals surface area (Å²) in [6, 6.07) is 16.2. The molecular weight excluding hydrogens is 328 g/mol. The Morgan fingerprint density at radius 3 is 2.81 bits per heavy atom. The van der Waals surface area contributed by atoms with Gasteiger partial charge in [-0.25, -0.2) is 4.98 Å². The Morgan fingerprint density at radius 2 is 2.00 bits per heavy atom. The van der Waals surface area contributed by atoms with Crippen LogP contribution in [0.1, 0.15) is 12.7 Å². The lowest BCUT2D eigenvalue weighted by Crippen LogP contribution is -1.95. The molecule has 0 N–H and O–H groups in total. The van der Waals surface area contributed by atoms with Crippen molar-refractivity contribution in [3.05, 3.63) is 66.9 Å². The van der Waals surface area contributed by atoms with Gasteiger partial charge in [0.15, 0.2) is 5.82 Å². The van der Waals surface area contributed by atoms with Crippen LogP contribution in [0.3, 0.4) is 0 Å². The molecule has 0 aliphatic carbocycles. The van der Waals surface area contributed by atoms with E-state index >= 15 is 0 Å². The first kappa shape index (κ1) is 16.1. The van der Waals surface area contributed by atoms with Gasteiger partial charge < -0.3 is 13.8 Å². The van der Waals surface area contributed by atoms with Crippen molar-refractivity contribution < 1.29 is 9.26 Å². The fourth-order valence-electron chi connectivity index (χ4n) is 2.80. The monoisotopic (exact) mass is 346 g/mol. The lowest BCUT2D eigenvalue weighted by atomic mass is 10.0. The molecule has 2 aromatic carbocycles. The van der Waals surface area contributed by atoms with Gasteiger partial charge in [-0.05, 0) is 37.6 Å². The van der Waals surface area contributed by atoms with E-state index < -0.39 is 0 Å². The first-order valence-electron chi connectivity index (χ1n) is 8.42. The van der Waals surface area contributed by atoms with Crippen LogP contribution < -0.4 is 4.74 Å². The van der Waals surface area contributed by atoms with Gasteiger partial charge in [-0.15, -0.1) is 0 Å². The summed E-state index contributed by atoms with van der Waals surface area (Å²) in [6.07, 6.45) is 3.61. The minimum atomic E-state index is 0.416. The van der Waals surface area contributed by atoms with E-state index in [4.69, 9.17) is 9.26 Å². The molecule has 26 heavy (non-hydrogen) atoms. The van der Waals surface area contributed by atoms with Gasteiger partial charge in [0.1, 0.15) is 17.8 Å². The summed E-state index contributed by atoms with van der Waals surface area (Å²) in [6.45, 7) is 4.40. The van der Waals surface area contributed by atoms with E-state index in [1.807, 2.05) is 48.0 Å². The van der Waals surface area contributed by atoms with E-state index in [-0.39, 0.29) is 0 Å². The summed E-state index contributed by atoms with van der Waals surface area (Å²) < 4.78 is 12.9. The number of aryl methyl sites for hydroxylation is 1. The minimum absolute atomic E-state index is 0.416. The summed E-state index contributed by atoms with van der Waals surface area (Å²) in [5.74, 6) is 1.88. The first-order chi connectivity index (χ1) is 12.7. The summed E-state index contributed by atoms with van der Waals surface area (Å²) in [5, 5.41) is 3.81. The standard InChI is InChI=1S/C20H18N4O2/c1-3-25-19-10-5-4-9-17(19)15-7-6-8-16(11-15)24-12-18(21-13-24)20-22-14(2)23-26-20/h4-13H,3H2,1-2H3. The van der Waals surface area contributed by atoms with E-state index in [0.717, 1.165) is 22.6 Å². The zero-order chi connectivity index (χ0) is 17.9. The fraction of sp³-hybridized carbons (Fsp3) is 0.150. The Bertz CT molecular complexity index is 1040. The molecule has 0 saturated heterocycles. The van der Waals surface area contributed by atoms with Gasteiger partial charge >= 0.3 is 0 Å². The lowest BCUT2D eigenvalue weighted by molar-refractivity contribution is 0.341. The summed E-state index contributed by atoms with van der Waals surface area (Å²) in [7, 11) is 0. The van der Waals surface area contributed by atoms with Crippen LogP contribution in [0.15, 0.2) is 65.6 Å². The number of hydrogen-bond donors (Lipinski definition) is 0. The van der Waals surface area contributed by atoms with Crippen molar-refractivity contribution in [2.24, 2.45) is 0 Å². The quantitative estimate of drug-likeness (QED) is 0.539. The second-order valence-electron chi connectivity index (χ2n) is 5.79. The molecule has 0 bridgehead atoms. The highest BCUT2D eigenvalue weighted by Gasteiger charge is 2.11. The molecule has 0 aliphatic heterocycles. The van der Waals surface area contributed by atoms with Crippen molar-refractivity contribution in [3.63, 3.8) is 0 Å². The summed E-state index contributed by atoms with van der Waals surface area (Å²) in [5.41, 5.74) is 3.77. The first-order valence-corrected chi connectivity index (χ1v) is 8.42. The number of benzene rings is 2.